The van der Waals surface area contributed by atoms with Gasteiger partial charge in [-0.15, -0.1) is 0 Å². The van der Waals surface area contributed by atoms with Crippen LogP contribution in [0.4, 0.5) is 0 Å². The number of aliphatic carboxylic acids is 1. The first-order valence-corrected chi connectivity index (χ1v) is 9.04. The maximum absolute atomic E-state index is 10.7. The molecule has 2 aromatic rings. The average Bonchev–Trinajstić information content (AvgIpc) is 2.72. The Morgan fingerprint density at radius 3 is 2.29 bits per heavy atom. The number of carbonyl (C=O) groups is 1. The van der Waals surface area contributed by atoms with Crippen LogP contribution in [0, 0.1) is 12.8 Å². The van der Waals surface area contributed by atoms with E-state index in [1.807, 2.05) is 50.4 Å². The molecule has 8 heteroatoms. The number of rotatable bonds is 7. The fourth-order valence-corrected chi connectivity index (χ4v) is 2.48. The number of hydrogen-bond acceptors (Lipinski definition) is 6. The van der Waals surface area contributed by atoms with Gasteiger partial charge in [-0.2, -0.15) is 5.10 Å². The minimum absolute atomic E-state index is 0.0897. The SMILES string of the molecule is CCCC(C/C(=N/N)NN)C(=O)O.Cc1ccc(-c2ccc(CO)cc2)cn1. The van der Waals surface area contributed by atoms with E-state index in [-0.39, 0.29) is 13.0 Å². The fraction of sp³-hybridized carbons (Fsp3) is 0.350. The number of nitrogens with zero attached hydrogens (tertiary/aromatic N) is 2. The van der Waals surface area contributed by atoms with E-state index in [9.17, 15) is 4.79 Å². The summed E-state index contributed by atoms with van der Waals surface area (Å²) in [4.78, 5) is 14.9. The third kappa shape index (κ3) is 7.73. The highest BCUT2D eigenvalue weighted by Crippen LogP contribution is 2.19. The van der Waals surface area contributed by atoms with Crippen LogP contribution in [-0.2, 0) is 11.4 Å². The number of aromatic nitrogens is 1. The van der Waals surface area contributed by atoms with E-state index in [0.717, 1.165) is 28.8 Å². The molecule has 0 saturated carbocycles. The molecule has 0 fully saturated rings. The van der Waals surface area contributed by atoms with Crippen LogP contribution >= 0.6 is 0 Å². The molecule has 0 aliphatic heterocycles. The van der Waals surface area contributed by atoms with Crippen LogP contribution in [-0.4, -0.2) is 27.0 Å². The van der Waals surface area contributed by atoms with Crippen molar-refractivity contribution in [1.29, 1.82) is 0 Å². The lowest BCUT2D eigenvalue weighted by Crippen LogP contribution is -2.34. The van der Waals surface area contributed by atoms with Crippen molar-refractivity contribution in [1.82, 2.24) is 10.4 Å². The Labute approximate surface area is 165 Å². The number of hydrazine groups is 1. The molecule has 0 saturated heterocycles. The zero-order valence-corrected chi connectivity index (χ0v) is 16.3. The summed E-state index contributed by atoms with van der Waals surface area (Å²) in [6.07, 6.45) is 3.51. The molecule has 2 rings (SSSR count). The van der Waals surface area contributed by atoms with Gasteiger partial charge in [0.2, 0.25) is 0 Å². The molecule has 0 aliphatic rings. The number of aliphatic hydroxyl groups excluding tert-OH is 1. The predicted octanol–water partition coefficient (Wildman–Crippen LogP) is 2.16. The minimum atomic E-state index is -0.849. The predicted molar refractivity (Wildman–Crippen MR) is 110 cm³/mol. The normalized spacial score (nSPS) is 11.9. The summed E-state index contributed by atoms with van der Waals surface area (Å²) in [6, 6.07) is 11.9. The number of aliphatic hydroxyl groups is 1. The Morgan fingerprint density at radius 2 is 1.86 bits per heavy atom. The Kier molecular flexibility index (Phi) is 10.2. The lowest BCUT2D eigenvalue weighted by atomic mass is 10.00. The topological polar surface area (TPSA) is 147 Å². The lowest BCUT2D eigenvalue weighted by Gasteiger charge is -2.11. The summed E-state index contributed by atoms with van der Waals surface area (Å²) >= 11 is 0. The third-order valence-corrected chi connectivity index (χ3v) is 4.13. The molecule has 1 unspecified atom stereocenters. The van der Waals surface area contributed by atoms with Crippen molar-refractivity contribution in [3.05, 3.63) is 53.9 Å². The van der Waals surface area contributed by atoms with Crippen LogP contribution in [0.15, 0.2) is 47.7 Å². The van der Waals surface area contributed by atoms with Crippen LogP contribution in [0.3, 0.4) is 0 Å². The first kappa shape index (κ1) is 23.1. The smallest absolute Gasteiger partial charge is 0.306 e. The number of benzene rings is 1. The zero-order valence-electron chi connectivity index (χ0n) is 16.3. The van der Waals surface area contributed by atoms with Crippen LogP contribution < -0.4 is 17.1 Å². The zero-order chi connectivity index (χ0) is 20.9. The molecular weight excluding hydrogens is 358 g/mol. The Hall–Kier alpha value is -2.97. The van der Waals surface area contributed by atoms with E-state index in [0.29, 0.717) is 12.3 Å². The van der Waals surface area contributed by atoms with E-state index in [4.69, 9.17) is 21.9 Å². The average molecular weight is 387 g/mol. The molecule has 1 atom stereocenters. The quantitative estimate of drug-likeness (QED) is 0.212. The maximum Gasteiger partial charge on any atom is 0.306 e. The number of carboxylic acid groups (broad SMARTS) is 1. The van der Waals surface area contributed by atoms with Crippen molar-refractivity contribution < 1.29 is 15.0 Å². The van der Waals surface area contributed by atoms with Crippen LogP contribution in [0.25, 0.3) is 11.1 Å². The second-order valence-electron chi connectivity index (χ2n) is 6.29. The molecule has 1 aromatic heterocycles. The molecule has 1 heterocycles. The van der Waals surface area contributed by atoms with Crippen molar-refractivity contribution in [2.75, 3.05) is 0 Å². The summed E-state index contributed by atoms with van der Waals surface area (Å²) in [5.41, 5.74) is 6.43. The molecule has 0 amide bonds. The number of hydrazone groups is 1. The highest BCUT2D eigenvalue weighted by molar-refractivity contribution is 5.85. The maximum atomic E-state index is 10.7. The van der Waals surface area contributed by atoms with Crippen molar-refractivity contribution in [2.24, 2.45) is 22.7 Å². The molecule has 0 bridgehead atoms. The fourth-order valence-electron chi connectivity index (χ4n) is 2.48. The van der Waals surface area contributed by atoms with Crippen molar-refractivity contribution in [2.45, 2.75) is 39.7 Å². The number of amidine groups is 1. The van der Waals surface area contributed by atoms with Gasteiger partial charge in [0.25, 0.3) is 0 Å². The van der Waals surface area contributed by atoms with E-state index < -0.39 is 11.9 Å². The molecular formula is C20H29N5O3. The first-order chi connectivity index (χ1) is 13.4. The summed E-state index contributed by atoms with van der Waals surface area (Å²) in [6.45, 7) is 3.98. The molecule has 0 spiro atoms. The van der Waals surface area contributed by atoms with Gasteiger partial charge in [0.05, 0.1) is 12.5 Å². The van der Waals surface area contributed by atoms with Gasteiger partial charge in [-0.05, 0) is 30.5 Å². The number of nitrogens with two attached hydrogens (primary N) is 2. The molecule has 28 heavy (non-hydrogen) atoms. The summed E-state index contributed by atoms with van der Waals surface area (Å²) in [5, 5.41) is 21.0. The van der Waals surface area contributed by atoms with Crippen molar-refractivity contribution in [3.63, 3.8) is 0 Å². The molecule has 0 aliphatic carbocycles. The van der Waals surface area contributed by atoms with E-state index in [1.54, 1.807) is 0 Å². The van der Waals surface area contributed by atoms with Gasteiger partial charge in [0.1, 0.15) is 5.84 Å². The van der Waals surface area contributed by atoms with Gasteiger partial charge < -0.3 is 21.5 Å². The standard InChI is InChI=1S/C13H13NO.C7H16N4O2/c1-10-2-5-13(8-14-10)12-6-3-11(9-15)4-7-12;1-2-3-5(7(12)13)4-6(10-8)11-9/h2-8,15H,9H2,1H3;5H,2-4,8-9H2,1H3,(H,10,11)(H,12,13). The van der Waals surface area contributed by atoms with Crippen LogP contribution in [0.2, 0.25) is 0 Å². The Bertz CT molecular complexity index is 745. The highest BCUT2D eigenvalue weighted by Gasteiger charge is 2.18. The summed E-state index contributed by atoms with van der Waals surface area (Å²) in [5.74, 6) is 9.04. The van der Waals surface area contributed by atoms with Gasteiger partial charge in [0, 0.05) is 23.9 Å². The van der Waals surface area contributed by atoms with Crippen molar-refractivity contribution in [3.8, 4) is 11.1 Å². The van der Waals surface area contributed by atoms with Gasteiger partial charge in [-0.1, -0.05) is 43.7 Å². The van der Waals surface area contributed by atoms with Gasteiger partial charge in [0.15, 0.2) is 0 Å². The number of aryl methyl sites for hydroxylation is 1. The minimum Gasteiger partial charge on any atom is -0.481 e. The Balaban J connectivity index is 0.000000284. The van der Waals surface area contributed by atoms with E-state index >= 15 is 0 Å². The molecule has 152 valence electrons. The Morgan fingerprint density at radius 1 is 1.21 bits per heavy atom. The van der Waals surface area contributed by atoms with Gasteiger partial charge in [-0.3, -0.25) is 9.78 Å². The lowest BCUT2D eigenvalue weighted by molar-refractivity contribution is -0.141. The van der Waals surface area contributed by atoms with Crippen LogP contribution in [0.5, 0.6) is 0 Å². The first-order valence-electron chi connectivity index (χ1n) is 9.04. The molecule has 0 radical (unpaired) electrons. The monoisotopic (exact) mass is 387 g/mol. The van der Waals surface area contributed by atoms with E-state index in [1.165, 1.54) is 0 Å². The van der Waals surface area contributed by atoms with Gasteiger partial charge in [-0.25, -0.2) is 5.84 Å². The molecule has 8 nitrogen and oxygen atoms in total. The molecule has 1 aromatic carbocycles. The van der Waals surface area contributed by atoms with Gasteiger partial charge >= 0.3 is 5.97 Å². The number of nitrogens with one attached hydrogen (secondary N) is 1. The third-order valence-electron chi connectivity index (χ3n) is 4.13. The number of hydrogen-bond donors (Lipinski definition) is 5. The highest BCUT2D eigenvalue weighted by atomic mass is 16.4. The second-order valence-corrected chi connectivity index (χ2v) is 6.29. The van der Waals surface area contributed by atoms with Crippen LogP contribution in [0.1, 0.15) is 37.4 Å². The largest absolute Gasteiger partial charge is 0.481 e. The van der Waals surface area contributed by atoms with Crippen molar-refractivity contribution >= 4 is 11.8 Å². The second kappa shape index (κ2) is 12.4. The number of pyridine rings is 1. The summed E-state index contributed by atoms with van der Waals surface area (Å²) in [7, 11) is 0. The van der Waals surface area contributed by atoms with E-state index in [2.05, 4.69) is 21.6 Å². The molecule has 7 N–H and O–H groups in total. The summed E-state index contributed by atoms with van der Waals surface area (Å²) < 4.78 is 0. The number of carboxylic acids is 1.